The number of imidazole rings is 1. The summed E-state index contributed by atoms with van der Waals surface area (Å²) < 4.78 is 1.77. The molecule has 3 aromatic rings. The summed E-state index contributed by atoms with van der Waals surface area (Å²) >= 11 is 11.9. The van der Waals surface area contributed by atoms with Crippen molar-refractivity contribution in [3.63, 3.8) is 0 Å². The Morgan fingerprint density at radius 2 is 2.00 bits per heavy atom. The summed E-state index contributed by atoms with van der Waals surface area (Å²) in [6, 6.07) is 4.72. The van der Waals surface area contributed by atoms with Gasteiger partial charge in [0.25, 0.3) is 5.91 Å². The quantitative estimate of drug-likeness (QED) is 0.615. The van der Waals surface area contributed by atoms with Gasteiger partial charge in [-0.25, -0.2) is 20.0 Å². The maximum atomic E-state index is 12.6. The van der Waals surface area contributed by atoms with Crippen LogP contribution in [0, 0.1) is 0 Å². The Morgan fingerprint density at radius 3 is 2.80 bits per heavy atom. The third kappa shape index (κ3) is 3.91. The van der Waals surface area contributed by atoms with Gasteiger partial charge in [-0.2, -0.15) is 5.10 Å². The summed E-state index contributed by atoms with van der Waals surface area (Å²) in [5.74, 6) is -0.287. The van der Waals surface area contributed by atoms with E-state index in [1.165, 1.54) is 17.4 Å². The number of nitrogens with two attached hydrogens (primary N) is 1. The topological polar surface area (TPSA) is 131 Å². The minimum Gasteiger partial charge on any atom is -0.382 e. The molecule has 1 aromatic carbocycles. The van der Waals surface area contributed by atoms with Crippen molar-refractivity contribution in [3.05, 3.63) is 40.9 Å². The minimum absolute atomic E-state index is 0.162. The number of nitrogens with one attached hydrogen (secondary N) is 1. The van der Waals surface area contributed by atoms with Gasteiger partial charge in [0.2, 0.25) is 5.91 Å². The standard InChI is InChI=1S/C18H16Cl2N8O2/c19-11-2-1-10(7-12(11)20)28-14(29)4-3-13(26-28)18(30)22-5-6-27-9-25-15-16(21)23-8-24-17(15)27/h1-2,7-9H,3-6H2,(H,22,30)(H2,21,23,24). The van der Waals surface area contributed by atoms with Crippen molar-refractivity contribution in [1.82, 2.24) is 24.8 Å². The normalized spacial score (nSPS) is 14.1. The van der Waals surface area contributed by atoms with Crippen LogP contribution in [0.2, 0.25) is 10.0 Å². The number of amides is 2. The first kappa shape index (κ1) is 20.0. The molecule has 0 radical (unpaired) electrons. The van der Waals surface area contributed by atoms with Gasteiger partial charge in [0.1, 0.15) is 17.6 Å². The number of carbonyl (C=O) groups excluding carboxylic acids is 2. The van der Waals surface area contributed by atoms with Crippen LogP contribution in [0.3, 0.4) is 0 Å². The van der Waals surface area contributed by atoms with Crippen LogP contribution in [0.5, 0.6) is 0 Å². The van der Waals surface area contributed by atoms with Crippen LogP contribution in [-0.2, 0) is 16.1 Å². The predicted molar refractivity (Wildman–Crippen MR) is 113 cm³/mol. The number of fused-ring (bicyclic) bond motifs is 1. The van der Waals surface area contributed by atoms with Crippen molar-refractivity contribution < 1.29 is 9.59 Å². The van der Waals surface area contributed by atoms with E-state index in [-0.39, 0.29) is 30.4 Å². The monoisotopic (exact) mass is 446 g/mol. The third-order valence-corrected chi connectivity index (χ3v) is 5.25. The maximum absolute atomic E-state index is 12.6. The molecular weight excluding hydrogens is 431 g/mol. The van der Waals surface area contributed by atoms with Gasteiger partial charge < -0.3 is 15.6 Å². The third-order valence-electron chi connectivity index (χ3n) is 4.51. The van der Waals surface area contributed by atoms with Crippen molar-refractivity contribution in [1.29, 1.82) is 0 Å². The highest BCUT2D eigenvalue weighted by atomic mass is 35.5. The first-order valence-corrected chi connectivity index (χ1v) is 9.74. The smallest absolute Gasteiger partial charge is 0.267 e. The van der Waals surface area contributed by atoms with Crippen LogP contribution in [0.4, 0.5) is 11.5 Å². The number of benzene rings is 1. The van der Waals surface area contributed by atoms with Gasteiger partial charge >= 0.3 is 0 Å². The van der Waals surface area contributed by atoms with Crippen LogP contribution in [-0.4, -0.2) is 43.6 Å². The Balaban J connectivity index is 1.44. The molecule has 3 N–H and O–H groups in total. The molecule has 1 aliphatic heterocycles. The van der Waals surface area contributed by atoms with E-state index in [4.69, 9.17) is 28.9 Å². The van der Waals surface area contributed by atoms with E-state index in [0.29, 0.717) is 45.8 Å². The lowest BCUT2D eigenvalue weighted by Crippen LogP contribution is -2.40. The minimum atomic E-state index is -0.355. The van der Waals surface area contributed by atoms with Crippen molar-refractivity contribution in [2.24, 2.45) is 5.10 Å². The molecule has 3 heterocycles. The molecular formula is C18H16Cl2N8O2. The van der Waals surface area contributed by atoms with Crippen LogP contribution in [0.15, 0.2) is 36.0 Å². The van der Waals surface area contributed by atoms with Crippen LogP contribution < -0.4 is 16.1 Å². The van der Waals surface area contributed by atoms with Crippen molar-refractivity contribution in [2.45, 2.75) is 19.4 Å². The Bertz CT molecular complexity index is 1180. The van der Waals surface area contributed by atoms with E-state index < -0.39 is 0 Å². The van der Waals surface area contributed by atoms with Gasteiger partial charge in [0, 0.05) is 25.9 Å². The Kier molecular flexibility index (Phi) is 5.51. The summed E-state index contributed by atoms with van der Waals surface area (Å²) in [6.07, 6.45) is 3.36. The number of nitrogen functional groups attached to an aromatic ring is 1. The second-order valence-corrected chi connectivity index (χ2v) is 7.29. The maximum Gasteiger partial charge on any atom is 0.267 e. The molecule has 12 heteroatoms. The lowest BCUT2D eigenvalue weighted by atomic mass is 10.1. The Hall–Kier alpha value is -3.24. The average molecular weight is 447 g/mol. The summed E-state index contributed by atoms with van der Waals surface area (Å²) in [7, 11) is 0. The molecule has 2 aromatic heterocycles. The number of hydrogen-bond acceptors (Lipinski definition) is 7. The molecule has 1 aliphatic rings. The fraction of sp³-hybridized carbons (Fsp3) is 0.222. The van der Waals surface area contributed by atoms with E-state index in [0.717, 1.165) is 0 Å². The molecule has 0 atom stereocenters. The number of aromatic nitrogens is 4. The van der Waals surface area contributed by atoms with Crippen LogP contribution >= 0.6 is 23.2 Å². The summed E-state index contributed by atoms with van der Waals surface area (Å²) in [5.41, 5.74) is 7.57. The first-order valence-electron chi connectivity index (χ1n) is 8.99. The van der Waals surface area contributed by atoms with E-state index in [1.54, 1.807) is 23.0 Å². The van der Waals surface area contributed by atoms with E-state index in [1.807, 2.05) is 0 Å². The number of rotatable bonds is 5. The molecule has 30 heavy (non-hydrogen) atoms. The van der Waals surface area contributed by atoms with Gasteiger partial charge in [-0.15, -0.1) is 0 Å². The molecule has 154 valence electrons. The zero-order chi connectivity index (χ0) is 21.3. The first-order chi connectivity index (χ1) is 14.4. The summed E-state index contributed by atoms with van der Waals surface area (Å²) in [4.78, 5) is 37.1. The summed E-state index contributed by atoms with van der Waals surface area (Å²) in [5, 5.41) is 8.84. The Labute approximate surface area is 180 Å². The number of halogens is 2. The van der Waals surface area contributed by atoms with Crippen LogP contribution in [0.1, 0.15) is 12.8 Å². The SMILES string of the molecule is Nc1ncnc2c1ncn2CCNC(=O)C1=NN(c2ccc(Cl)c(Cl)c2)C(=O)CC1. The molecule has 0 aliphatic carbocycles. The zero-order valence-electron chi connectivity index (χ0n) is 15.5. The number of hydrazone groups is 1. The molecule has 0 fully saturated rings. The van der Waals surface area contributed by atoms with Crippen molar-refractivity contribution >= 4 is 63.4 Å². The average Bonchev–Trinajstić information content (AvgIpc) is 3.15. The second kappa shape index (κ2) is 8.25. The summed E-state index contributed by atoms with van der Waals surface area (Å²) in [6.45, 7) is 0.745. The van der Waals surface area contributed by atoms with Gasteiger partial charge in [0.15, 0.2) is 11.5 Å². The predicted octanol–water partition coefficient (Wildman–Crippen LogP) is 2.01. The highest BCUT2D eigenvalue weighted by Crippen LogP contribution is 2.29. The van der Waals surface area contributed by atoms with Crippen molar-refractivity contribution in [2.75, 3.05) is 17.3 Å². The van der Waals surface area contributed by atoms with Crippen molar-refractivity contribution in [3.8, 4) is 0 Å². The van der Waals surface area contributed by atoms with E-state index in [2.05, 4.69) is 25.4 Å². The molecule has 0 saturated heterocycles. The van der Waals surface area contributed by atoms with E-state index in [9.17, 15) is 9.59 Å². The highest BCUT2D eigenvalue weighted by Gasteiger charge is 2.26. The number of anilines is 2. The molecule has 2 amide bonds. The largest absolute Gasteiger partial charge is 0.382 e. The molecule has 0 unspecified atom stereocenters. The lowest BCUT2D eigenvalue weighted by Gasteiger charge is -2.23. The molecule has 0 spiro atoms. The number of nitrogens with zero attached hydrogens (tertiary/aromatic N) is 6. The van der Waals surface area contributed by atoms with Gasteiger partial charge in [-0.3, -0.25) is 9.59 Å². The number of hydrogen-bond donors (Lipinski definition) is 2. The lowest BCUT2D eigenvalue weighted by molar-refractivity contribution is -0.118. The van der Waals surface area contributed by atoms with Crippen LogP contribution in [0.25, 0.3) is 11.2 Å². The molecule has 0 bridgehead atoms. The fourth-order valence-electron chi connectivity index (χ4n) is 2.99. The zero-order valence-corrected chi connectivity index (χ0v) is 17.1. The van der Waals surface area contributed by atoms with E-state index >= 15 is 0 Å². The fourth-order valence-corrected chi connectivity index (χ4v) is 3.28. The van der Waals surface area contributed by atoms with Gasteiger partial charge in [-0.1, -0.05) is 23.2 Å². The van der Waals surface area contributed by atoms with Gasteiger partial charge in [-0.05, 0) is 18.2 Å². The molecule has 10 nitrogen and oxygen atoms in total. The second-order valence-electron chi connectivity index (χ2n) is 6.48. The molecule has 0 saturated carbocycles. The van der Waals surface area contributed by atoms with Gasteiger partial charge in [0.05, 0.1) is 22.1 Å². The highest BCUT2D eigenvalue weighted by molar-refractivity contribution is 6.42. The Morgan fingerprint density at radius 1 is 1.17 bits per heavy atom. The molecule has 4 rings (SSSR count). The number of carbonyl (C=O) groups is 2.